The van der Waals surface area contributed by atoms with Crippen molar-refractivity contribution >= 4 is 29.3 Å². The number of benzene rings is 1. The monoisotopic (exact) mass is 310 g/mol. The van der Waals surface area contributed by atoms with E-state index in [-0.39, 0.29) is 6.10 Å². The molecule has 0 atom stereocenters. The van der Waals surface area contributed by atoms with Crippen molar-refractivity contribution < 1.29 is 4.74 Å². The third-order valence-electron chi connectivity index (χ3n) is 2.18. The number of anilines is 1. The van der Waals surface area contributed by atoms with Crippen LogP contribution in [-0.2, 0) is 0 Å². The summed E-state index contributed by atoms with van der Waals surface area (Å²) in [6.07, 6.45) is 0.00971. The van der Waals surface area contributed by atoms with Gasteiger partial charge in [0, 0.05) is 17.0 Å². The number of hydrogen-bond acceptors (Lipinski definition) is 6. The van der Waals surface area contributed by atoms with E-state index in [9.17, 15) is 0 Å². The normalized spacial score (nSPS) is 10.7. The van der Waals surface area contributed by atoms with Crippen molar-refractivity contribution in [2.75, 3.05) is 12.4 Å². The lowest BCUT2D eigenvalue weighted by Crippen LogP contribution is -2.10. The van der Waals surface area contributed by atoms with Crippen molar-refractivity contribution in [3.05, 3.63) is 29.3 Å². The smallest absolute Gasteiger partial charge is 0.322 e. The van der Waals surface area contributed by atoms with Gasteiger partial charge in [-0.05, 0) is 49.9 Å². The molecule has 2 rings (SSSR count). The Labute approximate surface area is 127 Å². The molecule has 0 unspecified atom stereocenters. The molecule has 0 spiro atoms. The van der Waals surface area contributed by atoms with Crippen LogP contribution in [0.25, 0.3) is 0 Å². The van der Waals surface area contributed by atoms with E-state index < -0.39 is 0 Å². The van der Waals surface area contributed by atoms with Crippen molar-refractivity contribution in [1.82, 2.24) is 15.0 Å². The van der Waals surface area contributed by atoms with Crippen LogP contribution in [0.1, 0.15) is 13.8 Å². The second kappa shape index (κ2) is 6.76. The first-order valence-electron chi connectivity index (χ1n) is 6.10. The Morgan fingerprint density at radius 3 is 2.45 bits per heavy atom. The van der Waals surface area contributed by atoms with E-state index in [0.717, 1.165) is 4.90 Å². The molecular weight excluding hydrogens is 296 g/mol. The zero-order valence-corrected chi connectivity index (χ0v) is 13.0. The molecule has 0 radical (unpaired) electrons. The Hall–Kier alpha value is -1.53. The molecule has 106 valence electrons. The van der Waals surface area contributed by atoms with Crippen LogP contribution in [0.5, 0.6) is 6.01 Å². The SMILES string of the molecule is CNc1nc(OC(C)C)nc(Sc2ccc(Cl)cc2)n1. The van der Waals surface area contributed by atoms with Gasteiger partial charge in [0.15, 0.2) is 0 Å². The first-order chi connectivity index (χ1) is 9.56. The quantitative estimate of drug-likeness (QED) is 0.912. The summed E-state index contributed by atoms with van der Waals surface area (Å²) >= 11 is 7.29. The van der Waals surface area contributed by atoms with E-state index in [1.54, 1.807) is 7.05 Å². The highest BCUT2D eigenvalue weighted by molar-refractivity contribution is 7.99. The average molecular weight is 311 g/mol. The van der Waals surface area contributed by atoms with Gasteiger partial charge in [0.1, 0.15) is 0 Å². The first kappa shape index (κ1) is 14.9. The van der Waals surface area contributed by atoms with Gasteiger partial charge in [-0.2, -0.15) is 15.0 Å². The molecule has 0 amide bonds. The Morgan fingerprint density at radius 1 is 1.15 bits per heavy atom. The summed E-state index contributed by atoms with van der Waals surface area (Å²) in [6.45, 7) is 3.85. The van der Waals surface area contributed by atoms with E-state index in [4.69, 9.17) is 16.3 Å². The van der Waals surface area contributed by atoms with E-state index in [2.05, 4.69) is 20.3 Å². The summed E-state index contributed by atoms with van der Waals surface area (Å²) in [7, 11) is 1.76. The third kappa shape index (κ3) is 4.25. The lowest BCUT2D eigenvalue weighted by atomic mass is 10.4. The van der Waals surface area contributed by atoms with Crippen LogP contribution in [0.3, 0.4) is 0 Å². The van der Waals surface area contributed by atoms with Gasteiger partial charge < -0.3 is 10.1 Å². The number of halogens is 1. The summed E-state index contributed by atoms with van der Waals surface area (Å²) in [5.74, 6) is 0.479. The van der Waals surface area contributed by atoms with E-state index in [1.165, 1.54) is 11.8 Å². The molecule has 1 aromatic heterocycles. The molecule has 0 aliphatic heterocycles. The molecule has 0 saturated carbocycles. The fourth-order valence-electron chi connectivity index (χ4n) is 1.37. The molecule has 5 nitrogen and oxygen atoms in total. The van der Waals surface area contributed by atoms with Crippen LogP contribution in [0, 0.1) is 0 Å². The summed E-state index contributed by atoms with van der Waals surface area (Å²) in [5.41, 5.74) is 0. The van der Waals surface area contributed by atoms with Gasteiger partial charge in [-0.3, -0.25) is 0 Å². The van der Waals surface area contributed by atoms with Gasteiger partial charge >= 0.3 is 6.01 Å². The van der Waals surface area contributed by atoms with Gasteiger partial charge in [-0.25, -0.2) is 0 Å². The van der Waals surface area contributed by atoms with Crippen molar-refractivity contribution in [3.63, 3.8) is 0 Å². The van der Waals surface area contributed by atoms with Gasteiger partial charge in [-0.15, -0.1) is 0 Å². The lowest BCUT2D eigenvalue weighted by Gasteiger charge is -2.09. The molecule has 0 fully saturated rings. The summed E-state index contributed by atoms with van der Waals surface area (Å²) in [4.78, 5) is 13.7. The Kier molecular flexibility index (Phi) is 5.03. The van der Waals surface area contributed by atoms with Crippen LogP contribution in [0.15, 0.2) is 34.3 Å². The van der Waals surface area contributed by atoms with E-state index >= 15 is 0 Å². The molecule has 0 saturated heterocycles. The maximum absolute atomic E-state index is 5.86. The van der Waals surface area contributed by atoms with Gasteiger partial charge in [-0.1, -0.05) is 11.6 Å². The standard InChI is InChI=1S/C13H15ClN4OS/c1-8(2)19-12-16-11(15-3)17-13(18-12)20-10-6-4-9(14)5-7-10/h4-8H,1-3H3,(H,15,16,17,18). The van der Waals surface area contributed by atoms with Crippen molar-refractivity contribution in [2.45, 2.75) is 30.0 Å². The van der Waals surface area contributed by atoms with E-state index in [0.29, 0.717) is 22.1 Å². The number of hydrogen-bond donors (Lipinski definition) is 1. The van der Waals surface area contributed by atoms with Crippen LogP contribution in [0.4, 0.5) is 5.95 Å². The molecule has 7 heteroatoms. The highest BCUT2D eigenvalue weighted by atomic mass is 35.5. The van der Waals surface area contributed by atoms with Crippen LogP contribution in [-0.4, -0.2) is 28.1 Å². The highest BCUT2D eigenvalue weighted by Crippen LogP contribution is 2.27. The predicted octanol–water partition coefficient (Wildman–Crippen LogP) is 3.51. The number of nitrogens with zero attached hydrogens (tertiary/aromatic N) is 3. The molecule has 0 bridgehead atoms. The predicted molar refractivity (Wildman–Crippen MR) is 80.7 cm³/mol. The summed E-state index contributed by atoms with van der Waals surface area (Å²) in [5, 5.41) is 4.17. The van der Waals surface area contributed by atoms with Crippen molar-refractivity contribution in [3.8, 4) is 6.01 Å². The molecule has 2 aromatic rings. The fraction of sp³-hybridized carbons (Fsp3) is 0.308. The molecule has 0 aliphatic carbocycles. The van der Waals surface area contributed by atoms with Gasteiger partial charge in [0.25, 0.3) is 0 Å². The van der Waals surface area contributed by atoms with E-state index in [1.807, 2.05) is 38.1 Å². The maximum Gasteiger partial charge on any atom is 0.322 e. The average Bonchev–Trinajstić information content (AvgIpc) is 2.40. The zero-order chi connectivity index (χ0) is 14.5. The summed E-state index contributed by atoms with van der Waals surface area (Å²) < 4.78 is 5.52. The number of aromatic nitrogens is 3. The lowest BCUT2D eigenvalue weighted by molar-refractivity contribution is 0.219. The highest BCUT2D eigenvalue weighted by Gasteiger charge is 2.09. The summed E-state index contributed by atoms with van der Waals surface area (Å²) in [6, 6.07) is 7.80. The number of nitrogens with one attached hydrogen (secondary N) is 1. The minimum atomic E-state index is 0.00971. The third-order valence-corrected chi connectivity index (χ3v) is 3.31. The fourth-order valence-corrected chi connectivity index (χ4v) is 2.23. The maximum atomic E-state index is 5.86. The molecule has 1 N–H and O–H groups in total. The molecule has 20 heavy (non-hydrogen) atoms. The molecular formula is C13H15ClN4OS. The molecule has 1 heterocycles. The number of ether oxygens (including phenoxy) is 1. The minimum Gasteiger partial charge on any atom is -0.461 e. The van der Waals surface area contributed by atoms with Crippen molar-refractivity contribution in [2.24, 2.45) is 0 Å². The molecule has 1 aromatic carbocycles. The van der Waals surface area contributed by atoms with Gasteiger partial charge in [0.05, 0.1) is 6.10 Å². The van der Waals surface area contributed by atoms with Gasteiger partial charge in [0.2, 0.25) is 11.1 Å². The first-order valence-corrected chi connectivity index (χ1v) is 7.30. The van der Waals surface area contributed by atoms with Crippen LogP contribution >= 0.6 is 23.4 Å². The number of rotatable bonds is 5. The zero-order valence-electron chi connectivity index (χ0n) is 11.4. The largest absolute Gasteiger partial charge is 0.461 e. The topological polar surface area (TPSA) is 59.9 Å². The Bertz CT molecular complexity index is 577. The Morgan fingerprint density at radius 2 is 1.85 bits per heavy atom. The Balaban J connectivity index is 2.23. The molecule has 0 aliphatic rings. The second-order valence-electron chi connectivity index (χ2n) is 4.20. The second-order valence-corrected chi connectivity index (χ2v) is 5.67. The van der Waals surface area contributed by atoms with Crippen LogP contribution in [0.2, 0.25) is 5.02 Å². The van der Waals surface area contributed by atoms with Crippen LogP contribution < -0.4 is 10.1 Å². The van der Waals surface area contributed by atoms with Crippen molar-refractivity contribution in [1.29, 1.82) is 0 Å². The minimum absolute atomic E-state index is 0.00971.